The van der Waals surface area contributed by atoms with Crippen molar-refractivity contribution in [3.05, 3.63) is 78.7 Å². The maximum atomic E-state index is 16.8. The van der Waals surface area contributed by atoms with Crippen molar-refractivity contribution in [1.29, 1.82) is 0 Å². The van der Waals surface area contributed by atoms with Crippen molar-refractivity contribution in [2.75, 3.05) is 0 Å². The van der Waals surface area contributed by atoms with Crippen molar-refractivity contribution in [3.8, 4) is 0 Å². The van der Waals surface area contributed by atoms with Gasteiger partial charge in [-0.2, -0.15) is 0 Å². The molecule has 0 fully saturated rings. The summed E-state index contributed by atoms with van der Waals surface area (Å²) in [5.74, 6) is -0.368. The summed E-state index contributed by atoms with van der Waals surface area (Å²) in [6.07, 6.45) is 8.32. The van der Waals surface area contributed by atoms with Crippen LogP contribution >= 0.6 is 0 Å². The van der Waals surface area contributed by atoms with Crippen LogP contribution in [0.4, 0.5) is 17.3 Å². The van der Waals surface area contributed by atoms with E-state index in [4.69, 9.17) is 0 Å². The summed E-state index contributed by atoms with van der Waals surface area (Å²) in [5, 5.41) is 0. The quantitative estimate of drug-likeness (QED) is 0.253. The summed E-state index contributed by atoms with van der Waals surface area (Å²) in [4.78, 5) is 0. The van der Waals surface area contributed by atoms with Crippen molar-refractivity contribution >= 4 is 37.5 Å². The van der Waals surface area contributed by atoms with Gasteiger partial charge >= 0.3 is 13.9 Å². The zero-order valence-corrected chi connectivity index (χ0v) is 27.0. The van der Waals surface area contributed by atoms with Crippen molar-refractivity contribution < 1.29 is 26.2 Å². The van der Waals surface area contributed by atoms with E-state index in [1.54, 1.807) is 0 Å². The third-order valence-corrected chi connectivity index (χ3v) is 12.0. The smallest absolute Gasteiger partial charge is 0.394 e. The molecule has 4 nitrogen and oxygen atoms in total. The Bertz CT molecular complexity index is 1820. The Hall–Kier alpha value is -3.29. The molecule has 3 aliphatic carbocycles. The standard InChI is InChI=1S/C34H40B2F4N4/c1-9-21-17(5)41-27(23(21)11-3)15-29-33-25-13-14-26(31(33)19(7)43(29)35(41,37)38)34-30-16-28-24(12-4)22(10-2)18(6)42(28)36(39,40)44(30)20(8)32(25)34/h15-16,25-26H,9-14H2,1-8H3/t25-,26-/m0/s1. The van der Waals surface area contributed by atoms with Crippen LogP contribution in [0.2, 0.25) is 0 Å². The highest BCUT2D eigenvalue weighted by Crippen LogP contribution is 2.60. The summed E-state index contributed by atoms with van der Waals surface area (Å²) in [6.45, 7) is 7.21. The molecule has 0 saturated heterocycles. The van der Waals surface area contributed by atoms with Gasteiger partial charge < -0.3 is 35.2 Å². The fourth-order valence-electron chi connectivity index (χ4n) is 10.5. The van der Waals surface area contributed by atoms with Gasteiger partial charge in [-0.25, -0.2) is 0 Å². The second-order valence-corrected chi connectivity index (χ2v) is 13.5. The van der Waals surface area contributed by atoms with E-state index in [0.717, 1.165) is 57.4 Å². The molecule has 0 aromatic carbocycles. The highest BCUT2D eigenvalue weighted by atomic mass is 19.3. The van der Waals surface area contributed by atoms with Crippen LogP contribution in [0.3, 0.4) is 0 Å². The summed E-state index contributed by atoms with van der Waals surface area (Å²) in [6, 6.07) is 0. The number of rotatable bonds is 4. The predicted molar refractivity (Wildman–Crippen MR) is 171 cm³/mol. The Balaban J connectivity index is 1.36. The van der Waals surface area contributed by atoms with E-state index in [-0.39, 0.29) is 11.8 Å². The summed E-state index contributed by atoms with van der Waals surface area (Å²) in [7, 11) is 0. The third kappa shape index (κ3) is 2.90. The highest BCUT2D eigenvalue weighted by Gasteiger charge is 2.64. The molecule has 2 atom stereocenters. The first-order chi connectivity index (χ1) is 20.9. The van der Waals surface area contributed by atoms with Gasteiger partial charge in [0.05, 0.1) is 0 Å². The normalized spacial score (nSPS) is 25.3. The average Bonchev–Trinajstić information content (AvgIpc) is 3.66. The number of hydrogen-bond acceptors (Lipinski definition) is 0. The number of allylic oxidation sites excluding steroid dienone is 4. The number of nitrogens with zero attached hydrogens (tertiary/aromatic N) is 4. The first-order valence-corrected chi connectivity index (χ1v) is 16.6. The van der Waals surface area contributed by atoms with Gasteiger partial charge in [0.15, 0.2) is 11.4 Å². The summed E-state index contributed by atoms with van der Waals surface area (Å²) >= 11 is 0. The van der Waals surface area contributed by atoms with Crippen LogP contribution in [0.5, 0.6) is 0 Å². The SMILES string of the molecule is CCc1c(CC)c2n(c1C)[B-](F)(F)[N+]1=C(C)C3=C(C1=C2)[C@H]1CC[C@@H]3C2=C1C(C)=[N+]1C2=Cc2c(CC)c(CC)c(C)n2[B-]1(F)F. The lowest BCUT2D eigenvalue weighted by Gasteiger charge is -2.37. The molecule has 2 aromatic rings. The summed E-state index contributed by atoms with van der Waals surface area (Å²) in [5.41, 5.74) is 12.6. The van der Waals surface area contributed by atoms with Gasteiger partial charge in [-0.05, 0) is 86.0 Å². The fourth-order valence-corrected chi connectivity index (χ4v) is 10.5. The van der Waals surface area contributed by atoms with E-state index < -0.39 is 13.9 Å². The van der Waals surface area contributed by atoms with E-state index in [1.165, 1.54) is 17.9 Å². The molecule has 44 heavy (non-hydrogen) atoms. The molecular weight excluding hydrogens is 562 g/mol. The van der Waals surface area contributed by atoms with Gasteiger partial charge in [-0.3, -0.25) is 0 Å². The lowest BCUT2D eigenvalue weighted by atomic mass is 9.62. The molecule has 7 aliphatic rings. The van der Waals surface area contributed by atoms with Crippen molar-refractivity contribution in [2.45, 2.75) is 93.9 Å². The summed E-state index contributed by atoms with van der Waals surface area (Å²) < 4.78 is 72.5. The van der Waals surface area contributed by atoms with E-state index in [1.807, 2.05) is 67.5 Å². The molecule has 0 radical (unpaired) electrons. The molecule has 9 rings (SSSR count). The number of aromatic nitrogens is 2. The van der Waals surface area contributed by atoms with Gasteiger partial charge in [0.2, 0.25) is 0 Å². The van der Waals surface area contributed by atoms with Crippen LogP contribution in [0, 0.1) is 25.7 Å². The Morgan fingerprint density at radius 2 is 0.932 bits per heavy atom. The highest BCUT2D eigenvalue weighted by molar-refractivity contribution is 6.59. The molecule has 4 aliphatic heterocycles. The lowest BCUT2D eigenvalue weighted by Crippen LogP contribution is -2.51. The first-order valence-electron chi connectivity index (χ1n) is 16.6. The van der Waals surface area contributed by atoms with Crippen LogP contribution in [0.15, 0.2) is 33.7 Å². The molecule has 0 amide bonds. The predicted octanol–water partition coefficient (Wildman–Crippen LogP) is 7.62. The minimum atomic E-state index is -4.11. The van der Waals surface area contributed by atoms with Gasteiger partial charge in [-0.1, -0.05) is 27.7 Å². The van der Waals surface area contributed by atoms with E-state index in [2.05, 4.69) is 0 Å². The average molecular weight is 602 g/mol. The maximum Gasteiger partial charge on any atom is 0.737 e. The van der Waals surface area contributed by atoms with Crippen molar-refractivity contribution in [2.24, 2.45) is 11.8 Å². The Morgan fingerprint density at radius 3 is 1.25 bits per heavy atom. The van der Waals surface area contributed by atoms with Crippen molar-refractivity contribution in [3.63, 3.8) is 0 Å². The molecule has 0 N–H and O–H groups in total. The van der Waals surface area contributed by atoms with Crippen LogP contribution in [-0.2, 0) is 25.7 Å². The van der Waals surface area contributed by atoms with E-state index in [9.17, 15) is 0 Å². The van der Waals surface area contributed by atoms with Crippen LogP contribution in [0.1, 0.15) is 99.4 Å². The fraction of sp³-hybridized carbons (Fsp3) is 0.471. The number of fused-ring (bicyclic) bond motifs is 5. The van der Waals surface area contributed by atoms with E-state index >= 15 is 17.3 Å². The Morgan fingerprint density at radius 1 is 0.591 bits per heavy atom. The molecule has 0 spiro atoms. The van der Waals surface area contributed by atoms with Gasteiger partial charge in [-0.15, -0.1) is 0 Å². The molecule has 230 valence electrons. The van der Waals surface area contributed by atoms with Crippen LogP contribution < -0.4 is 0 Å². The zero-order chi connectivity index (χ0) is 31.4. The molecule has 0 unspecified atom stereocenters. The Kier molecular flexibility index (Phi) is 5.58. The second kappa shape index (κ2) is 8.70. The molecule has 10 heteroatoms. The molecular formula is C34H40B2F4N4. The maximum absolute atomic E-state index is 16.8. The lowest BCUT2D eigenvalue weighted by molar-refractivity contribution is -0.364. The van der Waals surface area contributed by atoms with Gasteiger partial charge in [0, 0.05) is 71.5 Å². The monoisotopic (exact) mass is 602 g/mol. The van der Waals surface area contributed by atoms with Gasteiger partial charge in [0.1, 0.15) is 11.4 Å². The zero-order valence-electron chi connectivity index (χ0n) is 27.0. The minimum Gasteiger partial charge on any atom is -0.394 e. The Labute approximate surface area is 256 Å². The van der Waals surface area contributed by atoms with Crippen LogP contribution in [-0.4, -0.2) is 43.3 Å². The molecule has 6 heterocycles. The van der Waals surface area contributed by atoms with Crippen LogP contribution in [0.25, 0.3) is 12.2 Å². The molecule has 2 aromatic heterocycles. The second-order valence-electron chi connectivity index (χ2n) is 13.5. The van der Waals surface area contributed by atoms with E-state index in [0.29, 0.717) is 71.3 Å². The molecule has 2 bridgehead atoms. The largest absolute Gasteiger partial charge is 0.737 e. The van der Waals surface area contributed by atoms with Crippen molar-refractivity contribution in [1.82, 2.24) is 8.96 Å². The number of hydrogen-bond donors (Lipinski definition) is 0. The first kappa shape index (κ1) is 28.2. The van der Waals surface area contributed by atoms with Gasteiger partial charge in [0.25, 0.3) is 0 Å². The third-order valence-electron chi connectivity index (χ3n) is 12.0. The topological polar surface area (TPSA) is 15.9 Å². The minimum absolute atomic E-state index is 0.184. The number of halogens is 4. The molecule has 0 saturated carbocycles.